The zero-order valence-corrected chi connectivity index (χ0v) is 11.4. The standard InChI is InChI=1S/C11H18BrN3O/c1-3-4-5-6-7-13-11(16)10-9(12)8-14-15(10)2/h8H,3-7H2,1-2H3,(H,13,16). The van der Waals surface area contributed by atoms with Gasteiger partial charge in [-0.05, 0) is 22.4 Å². The Morgan fingerprint density at radius 1 is 1.50 bits per heavy atom. The molecule has 5 heteroatoms. The first kappa shape index (κ1) is 13.2. The summed E-state index contributed by atoms with van der Waals surface area (Å²) >= 11 is 3.31. The van der Waals surface area contributed by atoms with Gasteiger partial charge in [-0.2, -0.15) is 5.10 Å². The first-order valence-corrected chi connectivity index (χ1v) is 6.41. The molecule has 0 aliphatic rings. The number of amides is 1. The van der Waals surface area contributed by atoms with Gasteiger partial charge in [-0.25, -0.2) is 0 Å². The highest BCUT2D eigenvalue weighted by molar-refractivity contribution is 9.10. The van der Waals surface area contributed by atoms with Gasteiger partial charge in [0, 0.05) is 13.6 Å². The van der Waals surface area contributed by atoms with Crippen LogP contribution in [0.25, 0.3) is 0 Å². The molecule has 0 saturated carbocycles. The molecule has 0 saturated heterocycles. The van der Waals surface area contributed by atoms with E-state index in [0.717, 1.165) is 17.4 Å². The summed E-state index contributed by atoms with van der Waals surface area (Å²) in [6.07, 6.45) is 6.27. The van der Waals surface area contributed by atoms with Gasteiger partial charge in [-0.1, -0.05) is 26.2 Å². The topological polar surface area (TPSA) is 46.9 Å². The Bertz CT molecular complexity index is 329. The Morgan fingerprint density at radius 3 is 2.81 bits per heavy atom. The fourth-order valence-corrected chi connectivity index (χ4v) is 2.03. The number of rotatable bonds is 6. The van der Waals surface area contributed by atoms with E-state index < -0.39 is 0 Å². The fourth-order valence-electron chi connectivity index (χ4n) is 1.50. The number of aryl methyl sites for hydroxylation is 1. The molecule has 1 N–H and O–H groups in total. The second-order valence-electron chi connectivity index (χ2n) is 3.78. The molecule has 4 nitrogen and oxygen atoms in total. The summed E-state index contributed by atoms with van der Waals surface area (Å²) in [5.74, 6) is -0.0663. The minimum atomic E-state index is -0.0663. The van der Waals surface area contributed by atoms with E-state index in [1.807, 2.05) is 0 Å². The summed E-state index contributed by atoms with van der Waals surface area (Å²) in [7, 11) is 1.76. The van der Waals surface area contributed by atoms with Crippen molar-refractivity contribution in [2.24, 2.45) is 7.05 Å². The molecule has 16 heavy (non-hydrogen) atoms. The van der Waals surface area contributed by atoms with Gasteiger partial charge < -0.3 is 5.32 Å². The Morgan fingerprint density at radius 2 is 2.25 bits per heavy atom. The highest BCUT2D eigenvalue weighted by atomic mass is 79.9. The lowest BCUT2D eigenvalue weighted by atomic mass is 10.2. The van der Waals surface area contributed by atoms with Crippen LogP contribution in [0.3, 0.4) is 0 Å². The molecule has 1 rings (SSSR count). The van der Waals surface area contributed by atoms with Gasteiger partial charge in [0.25, 0.3) is 5.91 Å². The predicted molar refractivity (Wildman–Crippen MR) is 67.4 cm³/mol. The number of halogens is 1. The van der Waals surface area contributed by atoms with Crippen LogP contribution in [0.4, 0.5) is 0 Å². The van der Waals surface area contributed by atoms with Crippen LogP contribution in [0, 0.1) is 0 Å². The molecule has 0 spiro atoms. The number of hydrogen-bond acceptors (Lipinski definition) is 2. The van der Waals surface area contributed by atoms with Gasteiger partial charge in [0.1, 0.15) is 5.69 Å². The average molecular weight is 288 g/mol. The van der Waals surface area contributed by atoms with E-state index in [-0.39, 0.29) is 5.91 Å². The molecule has 0 aliphatic carbocycles. The van der Waals surface area contributed by atoms with Crippen LogP contribution in [-0.2, 0) is 7.05 Å². The quantitative estimate of drug-likeness (QED) is 0.817. The smallest absolute Gasteiger partial charge is 0.270 e. The van der Waals surface area contributed by atoms with Crippen LogP contribution in [0.15, 0.2) is 10.7 Å². The normalized spacial score (nSPS) is 10.4. The van der Waals surface area contributed by atoms with Crippen molar-refractivity contribution in [3.05, 3.63) is 16.4 Å². The summed E-state index contributed by atoms with van der Waals surface area (Å²) in [6, 6.07) is 0. The van der Waals surface area contributed by atoms with E-state index in [0.29, 0.717) is 5.69 Å². The summed E-state index contributed by atoms with van der Waals surface area (Å²) in [6.45, 7) is 2.90. The van der Waals surface area contributed by atoms with Crippen LogP contribution in [-0.4, -0.2) is 22.2 Å². The Kier molecular flexibility index (Phi) is 5.52. The average Bonchev–Trinajstić information content (AvgIpc) is 2.58. The molecule has 1 amide bonds. The third-order valence-corrected chi connectivity index (χ3v) is 3.01. The Balaban J connectivity index is 2.36. The fraction of sp³-hybridized carbons (Fsp3) is 0.636. The molecule has 90 valence electrons. The lowest BCUT2D eigenvalue weighted by molar-refractivity contribution is 0.0942. The Labute approximate surface area is 105 Å². The molecule has 0 aliphatic heterocycles. The molecule has 1 aromatic heterocycles. The molecule has 0 unspecified atom stereocenters. The van der Waals surface area contributed by atoms with Crippen LogP contribution in [0.2, 0.25) is 0 Å². The van der Waals surface area contributed by atoms with Crippen molar-refractivity contribution >= 4 is 21.8 Å². The van der Waals surface area contributed by atoms with Gasteiger partial charge >= 0.3 is 0 Å². The monoisotopic (exact) mass is 287 g/mol. The largest absolute Gasteiger partial charge is 0.351 e. The maximum Gasteiger partial charge on any atom is 0.270 e. The van der Waals surface area contributed by atoms with Crippen LogP contribution in [0.5, 0.6) is 0 Å². The van der Waals surface area contributed by atoms with Gasteiger partial charge in [0.2, 0.25) is 0 Å². The molecule has 1 heterocycles. The van der Waals surface area contributed by atoms with Gasteiger partial charge in [-0.3, -0.25) is 9.48 Å². The van der Waals surface area contributed by atoms with Gasteiger partial charge in [0.05, 0.1) is 10.7 Å². The molecular weight excluding hydrogens is 270 g/mol. The van der Waals surface area contributed by atoms with E-state index in [9.17, 15) is 4.79 Å². The summed E-state index contributed by atoms with van der Waals surface area (Å²) in [4.78, 5) is 11.8. The minimum absolute atomic E-state index is 0.0663. The lowest BCUT2D eigenvalue weighted by Crippen LogP contribution is -2.26. The van der Waals surface area contributed by atoms with Crippen LogP contribution >= 0.6 is 15.9 Å². The number of carbonyl (C=O) groups is 1. The van der Waals surface area contributed by atoms with E-state index in [4.69, 9.17) is 0 Å². The molecular formula is C11H18BrN3O. The SMILES string of the molecule is CCCCCCNC(=O)c1c(Br)cnn1C. The number of hydrogen-bond donors (Lipinski definition) is 1. The minimum Gasteiger partial charge on any atom is -0.351 e. The van der Waals surface area contributed by atoms with Crippen molar-refractivity contribution in [2.45, 2.75) is 32.6 Å². The maximum atomic E-state index is 11.8. The third kappa shape index (κ3) is 3.63. The number of carbonyl (C=O) groups excluding carboxylic acids is 1. The highest BCUT2D eigenvalue weighted by Gasteiger charge is 2.13. The zero-order valence-electron chi connectivity index (χ0n) is 9.79. The van der Waals surface area contributed by atoms with Crippen LogP contribution < -0.4 is 5.32 Å². The maximum absolute atomic E-state index is 11.8. The first-order chi connectivity index (χ1) is 7.66. The second-order valence-corrected chi connectivity index (χ2v) is 4.64. The number of nitrogens with one attached hydrogen (secondary N) is 1. The van der Waals surface area contributed by atoms with Crippen molar-refractivity contribution < 1.29 is 4.79 Å². The van der Waals surface area contributed by atoms with E-state index in [1.165, 1.54) is 19.3 Å². The van der Waals surface area contributed by atoms with E-state index in [1.54, 1.807) is 17.9 Å². The number of nitrogens with zero attached hydrogens (tertiary/aromatic N) is 2. The van der Waals surface area contributed by atoms with Crippen molar-refractivity contribution in [1.29, 1.82) is 0 Å². The van der Waals surface area contributed by atoms with Crippen molar-refractivity contribution in [2.75, 3.05) is 6.54 Å². The third-order valence-electron chi connectivity index (χ3n) is 2.43. The Hall–Kier alpha value is -0.840. The van der Waals surface area contributed by atoms with Crippen molar-refractivity contribution in [1.82, 2.24) is 15.1 Å². The summed E-state index contributed by atoms with van der Waals surface area (Å²) in [5.41, 5.74) is 0.579. The summed E-state index contributed by atoms with van der Waals surface area (Å²) < 4.78 is 2.31. The second kappa shape index (κ2) is 6.68. The van der Waals surface area contributed by atoms with Gasteiger partial charge in [0.15, 0.2) is 0 Å². The molecule has 1 aromatic rings. The molecule has 0 radical (unpaired) electrons. The first-order valence-electron chi connectivity index (χ1n) is 5.62. The van der Waals surface area contributed by atoms with Gasteiger partial charge in [-0.15, -0.1) is 0 Å². The van der Waals surface area contributed by atoms with Crippen LogP contribution in [0.1, 0.15) is 43.1 Å². The summed E-state index contributed by atoms with van der Waals surface area (Å²) in [5, 5.41) is 6.90. The zero-order chi connectivity index (χ0) is 12.0. The lowest BCUT2D eigenvalue weighted by Gasteiger charge is -2.05. The molecule has 0 atom stereocenters. The molecule has 0 bridgehead atoms. The predicted octanol–water partition coefficient (Wildman–Crippen LogP) is 2.49. The van der Waals surface area contributed by atoms with Crippen molar-refractivity contribution in [3.8, 4) is 0 Å². The van der Waals surface area contributed by atoms with Crippen molar-refractivity contribution in [3.63, 3.8) is 0 Å². The number of aromatic nitrogens is 2. The molecule has 0 fully saturated rings. The molecule has 0 aromatic carbocycles. The van der Waals surface area contributed by atoms with E-state index in [2.05, 4.69) is 33.3 Å². The number of unbranched alkanes of at least 4 members (excludes halogenated alkanes) is 3. The van der Waals surface area contributed by atoms with E-state index >= 15 is 0 Å². The highest BCUT2D eigenvalue weighted by Crippen LogP contribution is 2.14.